The summed E-state index contributed by atoms with van der Waals surface area (Å²) in [5.41, 5.74) is 0. The van der Waals surface area contributed by atoms with Crippen LogP contribution in [0.25, 0.3) is 0 Å². The molecule has 1 N–H and O–H groups in total. The van der Waals surface area contributed by atoms with Crippen molar-refractivity contribution < 1.29 is 9.21 Å². The van der Waals surface area contributed by atoms with Gasteiger partial charge in [0.2, 0.25) is 5.91 Å². The van der Waals surface area contributed by atoms with Gasteiger partial charge in [-0.2, -0.15) is 0 Å². The number of rotatable bonds is 1. The number of nitrogens with one attached hydrogen (secondary N) is 1. The van der Waals surface area contributed by atoms with Crippen LogP contribution in [0.15, 0.2) is 27.8 Å². The molecule has 2 rings (SSSR count). The summed E-state index contributed by atoms with van der Waals surface area (Å²) in [6.07, 6.45) is 2.06. The Labute approximate surface area is 85.8 Å². The zero-order chi connectivity index (χ0) is 9.97. The molecular weight excluding hydrogens is 200 g/mol. The molecule has 14 heavy (non-hydrogen) atoms. The van der Waals surface area contributed by atoms with Crippen molar-refractivity contribution in [3.05, 3.63) is 24.2 Å². The lowest BCUT2D eigenvalue weighted by Crippen LogP contribution is -2.34. The van der Waals surface area contributed by atoms with Crippen molar-refractivity contribution in [2.45, 2.75) is 11.7 Å². The first kappa shape index (κ1) is 9.33. The number of amidine groups is 1. The van der Waals surface area contributed by atoms with E-state index >= 15 is 0 Å². The van der Waals surface area contributed by atoms with E-state index in [0.29, 0.717) is 11.6 Å². The second kappa shape index (κ2) is 3.88. The van der Waals surface area contributed by atoms with E-state index in [1.54, 1.807) is 13.3 Å². The molecule has 0 saturated carbocycles. The van der Waals surface area contributed by atoms with Gasteiger partial charge in [-0.05, 0) is 12.1 Å². The number of hydrogen-bond acceptors (Lipinski definition) is 4. The molecule has 2 heterocycles. The lowest BCUT2D eigenvalue weighted by Gasteiger charge is -2.20. The SMILES string of the molecule is CN=C1NC(=O)CC(c2ccco2)S1. The third-order valence-electron chi connectivity index (χ3n) is 1.93. The molecular formula is C9H10N2O2S. The van der Waals surface area contributed by atoms with Crippen molar-refractivity contribution in [1.82, 2.24) is 5.32 Å². The van der Waals surface area contributed by atoms with E-state index in [9.17, 15) is 4.79 Å². The van der Waals surface area contributed by atoms with Crippen LogP contribution in [0.1, 0.15) is 17.4 Å². The van der Waals surface area contributed by atoms with Gasteiger partial charge in [0, 0.05) is 13.5 Å². The number of carbonyl (C=O) groups excluding carboxylic acids is 1. The molecule has 0 bridgehead atoms. The summed E-state index contributed by atoms with van der Waals surface area (Å²) in [6, 6.07) is 3.70. The van der Waals surface area contributed by atoms with Crippen LogP contribution in [-0.2, 0) is 4.79 Å². The Kier molecular flexibility index (Phi) is 2.58. The van der Waals surface area contributed by atoms with Crippen LogP contribution in [0.5, 0.6) is 0 Å². The fourth-order valence-electron chi connectivity index (χ4n) is 1.29. The standard InChI is InChI=1S/C9H10N2O2S/c1-10-9-11-8(12)5-7(14-9)6-3-2-4-13-6/h2-4,7H,5H2,1H3,(H,10,11,12). The minimum absolute atomic E-state index is 0.00856. The highest BCUT2D eigenvalue weighted by Crippen LogP contribution is 2.35. The summed E-state index contributed by atoms with van der Waals surface area (Å²) in [6.45, 7) is 0. The zero-order valence-corrected chi connectivity index (χ0v) is 8.50. The molecule has 1 aromatic heterocycles. The van der Waals surface area contributed by atoms with Gasteiger partial charge in [-0.3, -0.25) is 9.79 Å². The maximum Gasteiger partial charge on any atom is 0.227 e. The van der Waals surface area contributed by atoms with Crippen molar-refractivity contribution in [2.75, 3.05) is 7.05 Å². The molecule has 1 unspecified atom stereocenters. The first-order valence-corrected chi connectivity index (χ1v) is 5.14. The molecule has 1 aromatic rings. The smallest absolute Gasteiger partial charge is 0.227 e. The van der Waals surface area contributed by atoms with E-state index in [1.807, 2.05) is 12.1 Å². The van der Waals surface area contributed by atoms with Gasteiger partial charge in [-0.25, -0.2) is 0 Å². The summed E-state index contributed by atoms with van der Waals surface area (Å²) in [4.78, 5) is 15.3. The molecule has 1 aliphatic rings. The van der Waals surface area contributed by atoms with Crippen LogP contribution in [0.3, 0.4) is 0 Å². The van der Waals surface area contributed by atoms with Crippen molar-refractivity contribution in [1.29, 1.82) is 0 Å². The largest absolute Gasteiger partial charge is 0.468 e. The average molecular weight is 210 g/mol. The Morgan fingerprint density at radius 1 is 1.71 bits per heavy atom. The Bertz CT molecular complexity index is 359. The van der Waals surface area contributed by atoms with E-state index in [-0.39, 0.29) is 11.2 Å². The minimum atomic E-state index is -0.00856. The van der Waals surface area contributed by atoms with Crippen LogP contribution in [0.2, 0.25) is 0 Å². The number of carbonyl (C=O) groups is 1. The van der Waals surface area contributed by atoms with Crippen LogP contribution < -0.4 is 5.32 Å². The fraction of sp³-hybridized carbons (Fsp3) is 0.333. The molecule has 4 nitrogen and oxygen atoms in total. The Morgan fingerprint density at radius 2 is 2.57 bits per heavy atom. The molecule has 1 saturated heterocycles. The number of hydrogen-bond donors (Lipinski definition) is 1. The van der Waals surface area contributed by atoms with E-state index in [0.717, 1.165) is 5.76 Å². The monoisotopic (exact) mass is 210 g/mol. The summed E-state index contributed by atoms with van der Waals surface area (Å²) < 4.78 is 5.26. The summed E-state index contributed by atoms with van der Waals surface area (Å²) in [5.74, 6) is 0.816. The number of nitrogens with zero attached hydrogens (tertiary/aromatic N) is 1. The third kappa shape index (κ3) is 1.82. The van der Waals surface area contributed by atoms with Gasteiger partial charge in [-0.1, -0.05) is 11.8 Å². The molecule has 0 spiro atoms. The lowest BCUT2D eigenvalue weighted by atomic mass is 10.2. The van der Waals surface area contributed by atoms with E-state index < -0.39 is 0 Å². The van der Waals surface area contributed by atoms with Gasteiger partial charge >= 0.3 is 0 Å². The minimum Gasteiger partial charge on any atom is -0.468 e. The molecule has 1 fully saturated rings. The normalized spacial score (nSPS) is 25.1. The van der Waals surface area contributed by atoms with Gasteiger partial charge in [0.1, 0.15) is 5.76 Å². The highest BCUT2D eigenvalue weighted by atomic mass is 32.2. The number of aliphatic imine (C=N–C) groups is 1. The molecule has 1 aliphatic heterocycles. The number of furan rings is 1. The van der Waals surface area contributed by atoms with Crippen LogP contribution in [0, 0.1) is 0 Å². The Hall–Kier alpha value is -1.23. The molecule has 1 amide bonds. The first-order valence-electron chi connectivity index (χ1n) is 4.26. The zero-order valence-electron chi connectivity index (χ0n) is 7.69. The molecule has 0 aromatic carbocycles. The van der Waals surface area contributed by atoms with Gasteiger partial charge in [0.25, 0.3) is 0 Å². The lowest BCUT2D eigenvalue weighted by molar-refractivity contribution is -0.119. The first-order chi connectivity index (χ1) is 6.79. The van der Waals surface area contributed by atoms with Crippen LogP contribution in [-0.4, -0.2) is 18.1 Å². The van der Waals surface area contributed by atoms with E-state index in [2.05, 4.69) is 10.3 Å². The summed E-state index contributed by atoms with van der Waals surface area (Å²) in [7, 11) is 1.66. The Morgan fingerprint density at radius 3 is 3.21 bits per heavy atom. The van der Waals surface area contributed by atoms with Crippen molar-refractivity contribution in [3.63, 3.8) is 0 Å². The highest BCUT2D eigenvalue weighted by Gasteiger charge is 2.27. The predicted octanol–water partition coefficient (Wildman–Crippen LogP) is 1.56. The van der Waals surface area contributed by atoms with E-state index in [1.165, 1.54) is 11.8 Å². The van der Waals surface area contributed by atoms with Crippen molar-refractivity contribution >= 4 is 22.8 Å². The molecule has 0 radical (unpaired) electrons. The molecule has 0 aliphatic carbocycles. The maximum atomic E-state index is 11.3. The molecule has 5 heteroatoms. The Balaban J connectivity index is 2.17. The van der Waals surface area contributed by atoms with Crippen molar-refractivity contribution in [2.24, 2.45) is 4.99 Å². The van der Waals surface area contributed by atoms with Gasteiger partial charge in [0.05, 0.1) is 11.5 Å². The van der Waals surface area contributed by atoms with Gasteiger partial charge < -0.3 is 9.73 Å². The fourth-order valence-corrected chi connectivity index (χ4v) is 2.32. The summed E-state index contributed by atoms with van der Waals surface area (Å²) in [5, 5.41) is 3.40. The highest BCUT2D eigenvalue weighted by molar-refractivity contribution is 8.14. The number of thioether (sulfide) groups is 1. The topological polar surface area (TPSA) is 54.6 Å². The van der Waals surface area contributed by atoms with Gasteiger partial charge in [-0.15, -0.1) is 0 Å². The van der Waals surface area contributed by atoms with Crippen LogP contribution >= 0.6 is 11.8 Å². The quantitative estimate of drug-likeness (QED) is 0.765. The predicted molar refractivity (Wildman–Crippen MR) is 55.2 cm³/mol. The number of amides is 1. The second-order valence-electron chi connectivity index (χ2n) is 2.90. The van der Waals surface area contributed by atoms with E-state index in [4.69, 9.17) is 4.42 Å². The van der Waals surface area contributed by atoms with Gasteiger partial charge in [0.15, 0.2) is 5.17 Å². The average Bonchev–Trinajstić information content (AvgIpc) is 2.69. The molecule has 1 atom stereocenters. The van der Waals surface area contributed by atoms with Crippen molar-refractivity contribution in [3.8, 4) is 0 Å². The van der Waals surface area contributed by atoms with Crippen LogP contribution in [0.4, 0.5) is 0 Å². The second-order valence-corrected chi connectivity index (χ2v) is 4.09. The molecule has 74 valence electrons. The summed E-state index contributed by atoms with van der Waals surface area (Å²) >= 11 is 1.52. The maximum absolute atomic E-state index is 11.3. The third-order valence-corrected chi connectivity index (χ3v) is 3.13.